The fourth-order valence-electron chi connectivity index (χ4n) is 2.11. The third-order valence-electron chi connectivity index (χ3n) is 3.23. The first kappa shape index (κ1) is 14.3. The zero-order valence-electron chi connectivity index (χ0n) is 11.9. The van der Waals surface area contributed by atoms with Gasteiger partial charge in [-0.25, -0.2) is 0 Å². The number of H-pyrrole nitrogens is 1. The second-order valence-electron chi connectivity index (χ2n) is 4.70. The van der Waals surface area contributed by atoms with Crippen LogP contribution in [0.25, 0.3) is 10.9 Å². The Morgan fingerprint density at radius 3 is 2.70 bits per heavy atom. The Morgan fingerprint density at radius 1 is 1.20 bits per heavy atom. The van der Waals surface area contributed by atoms with Gasteiger partial charge < -0.3 is 9.72 Å². The highest BCUT2D eigenvalue weighted by atomic mass is 16.5. The number of hydrogen-bond acceptors (Lipinski definition) is 3. The summed E-state index contributed by atoms with van der Waals surface area (Å²) < 4.78 is 5.70. The number of carbonyl (C=O) groups is 1. The molecule has 0 saturated carbocycles. The molecule has 2 aromatic rings. The summed E-state index contributed by atoms with van der Waals surface area (Å²) in [4.78, 5) is 26.2. The highest BCUT2D eigenvalue weighted by Crippen LogP contribution is 2.27. The van der Waals surface area contributed by atoms with Crippen molar-refractivity contribution in [2.24, 2.45) is 0 Å². The van der Waals surface area contributed by atoms with E-state index in [2.05, 4.69) is 11.9 Å². The van der Waals surface area contributed by atoms with E-state index in [4.69, 9.17) is 4.74 Å². The van der Waals surface area contributed by atoms with Crippen LogP contribution < -0.4 is 10.3 Å². The van der Waals surface area contributed by atoms with Gasteiger partial charge in [0.25, 0.3) is 0 Å². The summed E-state index contributed by atoms with van der Waals surface area (Å²) in [6.45, 7) is 4.52. The largest absolute Gasteiger partial charge is 0.491 e. The summed E-state index contributed by atoms with van der Waals surface area (Å²) in [5.74, 6) is 0.681. The topological polar surface area (TPSA) is 59.2 Å². The quantitative estimate of drug-likeness (QED) is 0.649. The lowest BCUT2D eigenvalue weighted by molar-refractivity contribution is 0.0989. The van der Waals surface area contributed by atoms with Crippen molar-refractivity contribution in [2.45, 2.75) is 33.1 Å². The second-order valence-corrected chi connectivity index (χ2v) is 4.70. The minimum absolute atomic E-state index is 0.0576. The SMILES string of the molecule is CCCCOc1ccc(C(=O)CC)c2ccc(=O)[nH]c12. The van der Waals surface area contributed by atoms with Gasteiger partial charge in [0, 0.05) is 23.4 Å². The lowest BCUT2D eigenvalue weighted by Crippen LogP contribution is -2.08. The van der Waals surface area contributed by atoms with Crippen LogP contribution >= 0.6 is 0 Å². The van der Waals surface area contributed by atoms with Gasteiger partial charge in [0.1, 0.15) is 5.75 Å². The molecule has 4 heteroatoms. The van der Waals surface area contributed by atoms with Crippen molar-refractivity contribution in [1.29, 1.82) is 0 Å². The lowest BCUT2D eigenvalue weighted by Gasteiger charge is -2.11. The van der Waals surface area contributed by atoms with Crippen molar-refractivity contribution in [1.82, 2.24) is 4.98 Å². The molecule has 1 aromatic heterocycles. The third-order valence-corrected chi connectivity index (χ3v) is 3.23. The molecule has 0 atom stereocenters. The number of nitrogens with one attached hydrogen (secondary N) is 1. The van der Waals surface area contributed by atoms with Crippen LogP contribution in [-0.2, 0) is 0 Å². The molecule has 20 heavy (non-hydrogen) atoms. The first-order valence-electron chi connectivity index (χ1n) is 6.99. The first-order chi connectivity index (χ1) is 9.67. The van der Waals surface area contributed by atoms with E-state index in [-0.39, 0.29) is 11.3 Å². The number of ketones is 1. The second kappa shape index (κ2) is 6.37. The van der Waals surface area contributed by atoms with Gasteiger partial charge in [0.15, 0.2) is 5.78 Å². The number of Topliss-reactive ketones (excluding diaryl/α,β-unsaturated/α-hetero) is 1. The van der Waals surface area contributed by atoms with E-state index in [0.717, 1.165) is 18.2 Å². The van der Waals surface area contributed by atoms with E-state index in [1.807, 2.05) is 6.92 Å². The maximum atomic E-state index is 12.0. The molecule has 2 rings (SSSR count). The smallest absolute Gasteiger partial charge is 0.248 e. The molecule has 0 radical (unpaired) electrons. The Labute approximate surface area is 117 Å². The van der Waals surface area contributed by atoms with Crippen molar-refractivity contribution in [3.63, 3.8) is 0 Å². The molecular formula is C16H19NO3. The molecule has 0 fully saturated rings. The Hall–Kier alpha value is -2.10. The number of carbonyl (C=O) groups excluding carboxylic acids is 1. The van der Waals surface area contributed by atoms with Gasteiger partial charge in [-0.15, -0.1) is 0 Å². The number of ether oxygens (including phenoxy) is 1. The van der Waals surface area contributed by atoms with Crippen LogP contribution in [0.1, 0.15) is 43.5 Å². The molecule has 0 saturated heterocycles. The zero-order chi connectivity index (χ0) is 14.5. The molecule has 0 aliphatic rings. The van der Waals surface area contributed by atoms with Crippen molar-refractivity contribution >= 4 is 16.7 Å². The van der Waals surface area contributed by atoms with Crippen molar-refractivity contribution in [2.75, 3.05) is 6.61 Å². The number of hydrogen-bond donors (Lipinski definition) is 1. The molecule has 106 valence electrons. The van der Waals surface area contributed by atoms with E-state index in [1.165, 1.54) is 6.07 Å². The van der Waals surface area contributed by atoms with Gasteiger partial charge >= 0.3 is 0 Å². The minimum atomic E-state index is -0.195. The highest BCUT2D eigenvalue weighted by molar-refractivity contribution is 6.08. The van der Waals surface area contributed by atoms with Gasteiger partial charge in [-0.1, -0.05) is 20.3 Å². The summed E-state index contributed by atoms with van der Waals surface area (Å²) in [5.41, 5.74) is 1.04. The van der Waals surface area contributed by atoms with E-state index < -0.39 is 0 Å². The Balaban J connectivity index is 2.52. The normalized spacial score (nSPS) is 10.7. The summed E-state index contributed by atoms with van der Waals surface area (Å²) in [6.07, 6.45) is 2.43. The molecule has 0 aliphatic heterocycles. The molecule has 0 amide bonds. The van der Waals surface area contributed by atoms with Crippen LogP contribution in [0.3, 0.4) is 0 Å². The minimum Gasteiger partial charge on any atom is -0.491 e. The van der Waals surface area contributed by atoms with Crippen molar-refractivity contribution in [3.05, 3.63) is 40.2 Å². The molecule has 1 N–H and O–H groups in total. The van der Waals surface area contributed by atoms with E-state index >= 15 is 0 Å². The Kier molecular flexibility index (Phi) is 4.56. The first-order valence-corrected chi connectivity index (χ1v) is 6.99. The number of aromatic nitrogens is 1. The van der Waals surface area contributed by atoms with Crippen LogP contribution in [0.5, 0.6) is 5.75 Å². The maximum absolute atomic E-state index is 12.0. The number of pyridine rings is 1. The molecule has 0 spiro atoms. The predicted octanol–water partition coefficient (Wildman–Crippen LogP) is 3.30. The molecule has 1 heterocycles. The highest BCUT2D eigenvalue weighted by Gasteiger charge is 2.12. The maximum Gasteiger partial charge on any atom is 0.248 e. The van der Waals surface area contributed by atoms with E-state index in [0.29, 0.717) is 29.9 Å². The number of benzene rings is 1. The average Bonchev–Trinajstić information content (AvgIpc) is 2.46. The van der Waals surface area contributed by atoms with Gasteiger partial charge in [-0.3, -0.25) is 9.59 Å². The fourth-order valence-corrected chi connectivity index (χ4v) is 2.11. The molecule has 1 aromatic carbocycles. The van der Waals surface area contributed by atoms with Gasteiger partial charge in [-0.05, 0) is 24.6 Å². The molecule has 4 nitrogen and oxygen atoms in total. The average molecular weight is 273 g/mol. The van der Waals surface area contributed by atoms with Gasteiger partial charge in [0.05, 0.1) is 12.1 Å². The summed E-state index contributed by atoms with van der Waals surface area (Å²) in [6, 6.07) is 6.65. The standard InChI is InChI=1S/C16H19NO3/c1-3-5-10-20-14-8-6-11(13(18)4-2)12-7-9-15(19)17-16(12)14/h6-9H,3-5,10H2,1-2H3,(H,17,19). The summed E-state index contributed by atoms with van der Waals surface area (Å²) in [5, 5.41) is 0.741. The van der Waals surface area contributed by atoms with Crippen LogP contribution in [0.2, 0.25) is 0 Å². The van der Waals surface area contributed by atoms with Crippen molar-refractivity contribution in [3.8, 4) is 5.75 Å². The zero-order valence-corrected chi connectivity index (χ0v) is 11.9. The Bertz CT molecular complexity index is 673. The van der Waals surface area contributed by atoms with Crippen LogP contribution in [0.15, 0.2) is 29.1 Å². The number of aromatic amines is 1. The summed E-state index contributed by atoms with van der Waals surface area (Å²) >= 11 is 0. The molecule has 0 aliphatic carbocycles. The molecule has 0 bridgehead atoms. The van der Waals surface area contributed by atoms with Crippen molar-refractivity contribution < 1.29 is 9.53 Å². The van der Waals surface area contributed by atoms with Gasteiger partial charge in [0.2, 0.25) is 5.56 Å². The summed E-state index contributed by atoms with van der Waals surface area (Å²) in [7, 11) is 0. The van der Waals surface area contributed by atoms with Crippen LogP contribution in [0.4, 0.5) is 0 Å². The molecule has 0 unspecified atom stereocenters. The lowest BCUT2D eigenvalue weighted by atomic mass is 10.0. The fraction of sp³-hybridized carbons (Fsp3) is 0.375. The third kappa shape index (κ3) is 2.90. The van der Waals surface area contributed by atoms with E-state index in [1.54, 1.807) is 18.2 Å². The number of fused-ring (bicyclic) bond motifs is 1. The number of unbranched alkanes of at least 4 members (excludes halogenated alkanes) is 1. The van der Waals surface area contributed by atoms with Crippen LogP contribution in [-0.4, -0.2) is 17.4 Å². The van der Waals surface area contributed by atoms with E-state index in [9.17, 15) is 9.59 Å². The predicted molar refractivity (Wildman–Crippen MR) is 79.6 cm³/mol. The monoisotopic (exact) mass is 273 g/mol. The number of rotatable bonds is 6. The van der Waals surface area contributed by atoms with Gasteiger partial charge in [-0.2, -0.15) is 0 Å². The Morgan fingerprint density at radius 2 is 2.00 bits per heavy atom. The molecular weight excluding hydrogens is 254 g/mol. The van der Waals surface area contributed by atoms with Crippen LogP contribution in [0, 0.1) is 0 Å².